The lowest BCUT2D eigenvalue weighted by Gasteiger charge is -2.33. The summed E-state index contributed by atoms with van der Waals surface area (Å²) in [6.07, 6.45) is 6.42. The van der Waals surface area contributed by atoms with E-state index in [1.807, 2.05) is 32.9 Å². The minimum absolute atomic E-state index is 0.0214. The van der Waals surface area contributed by atoms with Crippen molar-refractivity contribution in [1.82, 2.24) is 14.6 Å². The maximum Gasteiger partial charge on any atom is 0.307 e. The molecule has 0 spiro atoms. The Labute approximate surface area is 388 Å². The van der Waals surface area contributed by atoms with Crippen molar-refractivity contribution < 1.29 is 50.9 Å². The molecule has 4 aliphatic rings. The Balaban J connectivity index is 1.28. The van der Waals surface area contributed by atoms with Crippen LogP contribution in [-0.4, -0.2) is 84.1 Å². The second-order valence-electron chi connectivity index (χ2n) is 20.6. The Kier molecular flexibility index (Phi) is 14.0. The second kappa shape index (κ2) is 18.9. The first-order chi connectivity index (χ1) is 31.0. The van der Waals surface area contributed by atoms with Crippen molar-refractivity contribution in [3.63, 3.8) is 0 Å². The maximum absolute atomic E-state index is 15.4. The number of ketones is 1. The monoisotopic (exact) mass is 931 g/mol. The molecule has 2 aliphatic heterocycles. The molecule has 358 valence electrons. The van der Waals surface area contributed by atoms with Crippen LogP contribution in [0, 0.1) is 34.9 Å². The van der Waals surface area contributed by atoms with Gasteiger partial charge in [0.2, 0.25) is 21.8 Å². The largest absolute Gasteiger partial charge is 0.497 e. The first-order valence-corrected chi connectivity index (χ1v) is 24.9. The summed E-state index contributed by atoms with van der Waals surface area (Å²) in [4.78, 5) is 64.5. The van der Waals surface area contributed by atoms with Crippen LogP contribution in [0.2, 0.25) is 0 Å². The number of carbonyl (C=O) groups excluding carboxylic acids is 4. The summed E-state index contributed by atoms with van der Waals surface area (Å²) in [5.41, 5.74) is -0.764. The van der Waals surface area contributed by atoms with E-state index < -0.39 is 67.3 Å². The van der Waals surface area contributed by atoms with Gasteiger partial charge in [0.25, 0.3) is 0 Å². The van der Waals surface area contributed by atoms with Gasteiger partial charge in [0, 0.05) is 35.9 Å². The molecule has 2 saturated carbocycles. The number of methoxy groups -OCH3 is 1. The first-order valence-electron chi connectivity index (χ1n) is 23.5. The van der Waals surface area contributed by atoms with Crippen molar-refractivity contribution in [3.05, 3.63) is 60.4 Å². The molecule has 1 N–H and O–H groups in total. The van der Waals surface area contributed by atoms with E-state index in [2.05, 4.69) is 11.6 Å². The number of hydrogen-bond donors (Lipinski definition) is 1. The van der Waals surface area contributed by atoms with E-state index in [1.54, 1.807) is 71.2 Å². The normalized spacial score (nSPS) is 27.2. The highest BCUT2D eigenvalue weighted by Gasteiger charge is 2.63. The molecule has 3 heterocycles. The number of aromatic nitrogens is 1. The summed E-state index contributed by atoms with van der Waals surface area (Å²) in [7, 11) is -2.47. The van der Waals surface area contributed by atoms with Crippen LogP contribution < -0.4 is 18.9 Å². The van der Waals surface area contributed by atoms with E-state index in [1.165, 1.54) is 11.0 Å². The number of halogens is 1. The summed E-state index contributed by atoms with van der Waals surface area (Å²) >= 11 is 0. The molecular formula is C51H66FN3O10S. The molecule has 2 aliphatic carbocycles. The second-order valence-corrected chi connectivity index (χ2v) is 22.8. The van der Waals surface area contributed by atoms with Crippen molar-refractivity contribution in [2.24, 2.45) is 29.1 Å². The average Bonchev–Trinajstić information content (AvgIpc) is 4.13. The molecule has 1 aromatic heterocycles. The molecule has 1 saturated heterocycles. The lowest BCUT2D eigenvalue weighted by Crippen LogP contribution is -2.48. The molecule has 2 amide bonds. The number of pyridine rings is 1. The van der Waals surface area contributed by atoms with Crippen LogP contribution in [0.25, 0.3) is 22.2 Å². The average molecular weight is 932 g/mol. The van der Waals surface area contributed by atoms with Crippen LogP contribution in [0.15, 0.2) is 54.6 Å². The number of ether oxygens (including phenoxy) is 4. The Morgan fingerprint density at radius 2 is 1.79 bits per heavy atom. The van der Waals surface area contributed by atoms with E-state index in [4.69, 9.17) is 23.9 Å². The predicted molar refractivity (Wildman–Crippen MR) is 249 cm³/mol. The molecule has 15 heteroatoms. The third-order valence-electron chi connectivity index (χ3n) is 13.8. The fourth-order valence-corrected chi connectivity index (χ4v) is 11.0. The quantitative estimate of drug-likeness (QED) is 0.136. The molecular weight excluding hydrogens is 866 g/mol. The fraction of sp³-hybridized carbons (Fsp3) is 0.588. The van der Waals surface area contributed by atoms with Crippen molar-refractivity contribution in [1.29, 1.82) is 0 Å². The van der Waals surface area contributed by atoms with Crippen LogP contribution >= 0.6 is 0 Å². The van der Waals surface area contributed by atoms with E-state index in [0.29, 0.717) is 65.8 Å². The lowest BCUT2D eigenvalue weighted by atomic mass is 9.79. The Bertz CT molecular complexity index is 2500. The molecule has 7 atom stereocenters. The lowest BCUT2D eigenvalue weighted by molar-refractivity contribution is -0.160. The van der Waals surface area contributed by atoms with Crippen LogP contribution in [0.5, 0.6) is 17.2 Å². The Hall–Kier alpha value is -5.05. The van der Waals surface area contributed by atoms with Gasteiger partial charge in [0.15, 0.2) is 17.3 Å². The molecule has 7 rings (SSSR count). The van der Waals surface area contributed by atoms with Gasteiger partial charge in [-0.05, 0) is 128 Å². The summed E-state index contributed by atoms with van der Waals surface area (Å²) in [6, 6.07) is 10.6. The maximum atomic E-state index is 15.4. The standard InChI is InChI=1S/C51H66FN3O10S/c1-10-32-21-31(4)13-11-12-14-34-27-51(34,48(59)54-66(60,61)50(8)19-20-50)28-43(56)42-24-36(29-55(42)47(58)38(32)25-46(57)65-49(5,6)7)64-45-26-40(53-41-23-35(62-9)16-17-37(41)45)33-15-18-44(39(52)22-33)63-30(2)3/h12,14-18,22-23,26,30-32,34,36,38,42H,10-11,13,19-21,24-25,27-29H2,1-9H3,(H,54,59)/b14-12-/t31-,32-,34-,36-,38+,42?,51-/m1/s1. The van der Waals surface area contributed by atoms with Gasteiger partial charge in [-0.25, -0.2) is 17.8 Å². The SMILES string of the molecule is CC[C@@H]1C[C@H](C)CC/C=C\[C@@H]2C[C@@]2(C(=O)NS(=O)(=O)C2(C)CC2)CC(=O)C2C[C@@H](Oc3cc(-c4ccc(OC(C)C)c(F)c4)nc4cc(OC)ccc34)CN2C(=O)[C@H]1CC(=O)OC(C)(C)C. The Morgan fingerprint density at radius 3 is 2.44 bits per heavy atom. The van der Waals surface area contributed by atoms with Gasteiger partial charge in [-0.2, -0.15) is 0 Å². The zero-order valence-electron chi connectivity index (χ0n) is 39.8. The van der Waals surface area contributed by atoms with Gasteiger partial charge in [-0.3, -0.25) is 23.9 Å². The highest BCUT2D eigenvalue weighted by Crippen LogP contribution is 2.58. The van der Waals surface area contributed by atoms with Crippen LogP contribution in [0.1, 0.15) is 120 Å². The summed E-state index contributed by atoms with van der Waals surface area (Å²) in [5, 5.41) is 0.610. The topological polar surface area (TPSA) is 168 Å². The minimum atomic E-state index is -4.01. The molecule has 0 bridgehead atoms. The van der Waals surface area contributed by atoms with Crippen molar-refractivity contribution >= 4 is 44.5 Å². The number of nitrogens with one attached hydrogen (secondary N) is 1. The Morgan fingerprint density at radius 1 is 1.05 bits per heavy atom. The number of amides is 2. The smallest absolute Gasteiger partial charge is 0.307 e. The van der Waals surface area contributed by atoms with Gasteiger partial charge in [0.1, 0.15) is 23.2 Å². The van der Waals surface area contributed by atoms with Gasteiger partial charge >= 0.3 is 5.97 Å². The third kappa shape index (κ3) is 10.7. The highest BCUT2D eigenvalue weighted by atomic mass is 32.2. The van der Waals surface area contributed by atoms with Gasteiger partial charge in [-0.1, -0.05) is 32.4 Å². The van der Waals surface area contributed by atoms with Gasteiger partial charge < -0.3 is 23.8 Å². The number of esters is 1. The van der Waals surface area contributed by atoms with Crippen LogP contribution in [0.3, 0.4) is 0 Å². The minimum Gasteiger partial charge on any atom is -0.497 e. The summed E-state index contributed by atoms with van der Waals surface area (Å²) in [6.45, 7) is 14.7. The molecule has 1 unspecified atom stereocenters. The van der Waals surface area contributed by atoms with Crippen LogP contribution in [-0.2, 0) is 33.9 Å². The molecule has 0 radical (unpaired) electrons. The molecule has 3 fully saturated rings. The van der Waals surface area contributed by atoms with E-state index in [-0.39, 0.29) is 67.7 Å². The zero-order valence-corrected chi connectivity index (χ0v) is 40.6. The fourth-order valence-electron chi connectivity index (χ4n) is 9.64. The summed E-state index contributed by atoms with van der Waals surface area (Å²) < 4.78 is 67.3. The number of sulfonamides is 1. The van der Waals surface area contributed by atoms with Gasteiger partial charge in [-0.15, -0.1) is 0 Å². The van der Waals surface area contributed by atoms with E-state index in [0.717, 1.165) is 6.42 Å². The number of hydrogen-bond acceptors (Lipinski definition) is 11. The third-order valence-corrected chi connectivity index (χ3v) is 16.0. The predicted octanol–water partition coefficient (Wildman–Crippen LogP) is 8.90. The number of allylic oxidation sites excluding steroid dienone is 2. The van der Waals surface area contributed by atoms with Crippen molar-refractivity contribution in [2.45, 2.75) is 148 Å². The molecule has 66 heavy (non-hydrogen) atoms. The number of Topliss-reactive ketones (excluding diaryl/α,β-unsaturated/α-hetero) is 1. The van der Waals surface area contributed by atoms with Crippen molar-refractivity contribution in [3.8, 4) is 28.5 Å². The van der Waals surface area contributed by atoms with Crippen LogP contribution in [0.4, 0.5) is 4.39 Å². The van der Waals surface area contributed by atoms with Crippen molar-refractivity contribution in [2.75, 3.05) is 13.7 Å². The van der Waals surface area contributed by atoms with E-state index in [9.17, 15) is 18.0 Å². The number of carbonyl (C=O) groups is 4. The number of fused-ring (bicyclic) bond motifs is 3. The van der Waals surface area contributed by atoms with E-state index >= 15 is 14.0 Å². The molecule has 2 aromatic carbocycles. The molecule has 3 aromatic rings. The first kappa shape index (κ1) is 48.9. The highest BCUT2D eigenvalue weighted by molar-refractivity contribution is 7.91. The van der Waals surface area contributed by atoms with Gasteiger partial charge in [0.05, 0.1) is 59.5 Å². The number of benzene rings is 2. The number of nitrogens with zero attached hydrogens (tertiary/aromatic N) is 2. The summed E-state index contributed by atoms with van der Waals surface area (Å²) in [5.74, 6) is -2.79. The number of rotatable bonds is 12. The molecule has 13 nitrogen and oxygen atoms in total. The zero-order chi connectivity index (χ0) is 47.9.